The lowest BCUT2D eigenvalue weighted by molar-refractivity contribution is -0.102. The molecule has 1 aromatic rings. The van der Waals surface area contributed by atoms with Gasteiger partial charge >= 0.3 is 0 Å². The van der Waals surface area contributed by atoms with Gasteiger partial charge < -0.3 is 10.6 Å². The Morgan fingerprint density at radius 3 is 2.89 bits per heavy atom. The van der Waals surface area contributed by atoms with E-state index in [1.807, 2.05) is 0 Å². The predicted molar refractivity (Wildman–Crippen MR) is 72.1 cm³/mol. The fourth-order valence-electron chi connectivity index (χ4n) is 2.69. The Morgan fingerprint density at radius 1 is 1.28 bits per heavy atom. The summed E-state index contributed by atoms with van der Waals surface area (Å²) in [5.41, 5.74) is 3.61. The molecule has 0 amide bonds. The van der Waals surface area contributed by atoms with Gasteiger partial charge in [-0.3, -0.25) is 9.79 Å². The summed E-state index contributed by atoms with van der Waals surface area (Å²) in [6.45, 7) is 2.82. The van der Waals surface area contributed by atoms with Crippen LogP contribution in [0.25, 0.3) is 0 Å². The SMILES string of the molecule is O=CC1=NCc2cc(C3CCNCC3)ccc2N1. The molecule has 2 heterocycles. The van der Waals surface area contributed by atoms with Crippen molar-refractivity contribution in [2.45, 2.75) is 25.3 Å². The number of nitrogens with zero attached hydrogens (tertiary/aromatic N) is 1. The summed E-state index contributed by atoms with van der Waals surface area (Å²) in [4.78, 5) is 14.9. The molecule has 1 fully saturated rings. The number of amidine groups is 1. The molecule has 94 valence electrons. The quantitative estimate of drug-likeness (QED) is 0.777. The maximum atomic E-state index is 10.7. The summed E-state index contributed by atoms with van der Waals surface area (Å²) in [5, 5.41) is 6.43. The topological polar surface area (TPSA) is 53.5 Å². The standard InChI is InChI=1S/C14H17N3O/c18-9-14-16-8-12-7-11(1-2-13(12)17-14)10-3-5-15-6-4-10/h1-2,7,9-10,15H,3-6,8H2,(H,16,17). The van der Waals surface area contributed by atoms with Gasteiger partial charge in [-0.2, -0.15) is 0 Å². The van der Waals surface area contributed by atoms with E-state index >= 15 is 0 Å². The van der Waals surface area contributed by atoms with Crippen LogP contribution in [0.15, 0.2) is 23.2 Å². The third-order valence-corrected chi connectivity index (χ3v) is 3.73. The van der Waals surface area contributed by atoms with Crippen molar-refractivity contribution >= 4 is 17.8 Å². The lowest BCUT2D eigenvalue weighted by Gasteiger charge is -2.24. The number of benzene rings is 1. The number of aliphatic imine (C=N–C) groups is 1. The lowest BCUT2D eigenvalue weighted by Crippen LogP contribution is -2.26. The van der Waals surface area contributed by atoms with Crippen LogP contribution in [0.1, 0.15) is 29.9 Å². The van der Waals surface area contributed by atoms with Gasteiger partial charge in [0.1, 0.15) is 0 Å². The Labute approximate surface area is 106 Å². The molecule has 0 radical (unpaired) electrons. The Kier molecular flexibility index (Phi) is 3.11. The maximum absolute atomic E-state index is 10.7. The number of hydrogen-bond donors (Lipinski definition) is 2. The maximum Gasteiger partial charge on any atom is 0.185 e. The predicted octanol–water partition coefficient (Wildman–Crippen LogP) is 1.68. The van der Waals surface area contributed by atoms with Gasteiger partial charge in [-0.15, -0.1) is 0 Å². The number of aldehydes is 1. The van der Waals surface area contributed by atoms with Gasteiger partial charge in [0, 0.05) is 5.69 Å². The minimum Gasteiger partial charge on any atom is -0.337 e. The van der Waals surface area contributed by atoms with Crippen molar-refractivity contribution < 1.29 is 4.79 Å². The molecule has 2 aliphatic heterocycles. The van der Waals surface area contributed by atoms with E-state index in [0.717, 1.165) is 25.1 Å². The van der Waals surface area contributed by atoms with Crippen molar-refractivity contribution in [2.24, 2.45) is 4.99 Å². The molecule has 0 atom stereocenters. The molecule has 0 saturated carbocycles. The first-order chi connectivity index (χ1) is 8.86. The summed E-state index contributed by atoms with van der Waals surface area (Å²) in [6.07, 6.45) is 3.17. The third kappa shape index (κ3) is 2.16. The summed E-state index contributed by atoms with van der Waals surface area (Å²) >= 11 is 0. The number of anilines is 1. The molecular weight excluding hydrogens is 226 g/mol. The van der Waals surface area contributed by atoms with Gasteiger partial charge in [0.05, 0.1) is 6.54 Å². The fourth-order valence-corrected chi connectivity index (χ4v) is 2.69. The van der Waals surface area contributed by atoms with Crippen molar-refractivity contribution in [3.63, 3.8) is 0 Å². The number of fused-ring (bicyclic) bond motifs is 1. The van der Waals surface area contributed by atoms with E-state index in [0.29, 0.717) is 18.3 Å². The van der Waals surface area contributed by atoms with Gasteiger partial charge in [-0.05, 0) is 49.0 Å². The van der Waals surface area contributed by atoms with E-state index in [1.165, 1.54) is 24.0 Å². The van der Waals surface area contributed by atoms with E-state index in [-0.39, 0.29) is 0 Å². The summed E-state index contributed by atoms with van der Waals surface area (Å²) in [7, 11) is 0. The van der Waals surface area contributed by atoms with Gasteiger partial charge in [0.15, 0.2) is 12.1 Å². The van der Waals surface area contributed by atoms with Crippen molar-refractivity contribution in [1.82, 2.24) is 5.32 Å². The highest BCUT2D eigenvalue weighted by molar-refractivity contribution is 6.33. The van der Waals surface area contributed by atoms with Crippen molar-refractivity contribution in [3.05, 3.63) is 29.3 Å². The molecule has 0 spiro atoms. The summed E-state index contributed by atoms with van der Waals surface area (Å²) < 4.78 is 0. The average Bonchev–Trinajstić information content (AvgIpc) is 2.47. The van der Waals surface area contributed by atoms with E-state index in [9.17, 15) is 4.79 Å². The van der Waals surface area contributed by atoms with Crippen LogP contribution < -0.4 is 10.6 Å². The fraction of sp³-hybridized carbons (Fsp3) is 0.429. The molecule has 1 aromatic carbocycles. The van der Waals surface area contributed by atoms with Crippen LogP contribution in [0.4, 0.5) is 5.69 Å². The zero-order chi connectivity index (χ0) is 12.4. The number of carbonyl (C=O) groups excluding carboxylic acids is 1. The van der Waals surface area contributed by atoms with E-state index in [2.05, 4.69) is 33.8 Å². The van der Waals surface area contributed by atoms with Gasteiger partial charge in [0.2, 0.25) is 0 Å². The molecule has 0 aromatic heterocycles. The van der Waals surface area contributed by atoms with Crippen molar-refractivity contribution in [1.29, 1.82) is 0 Å². The van der Waals surface area contributed by atoms with Gasteiger partial charge in [-0.1, -0.05) is 12.1 Å². The molecule has 2 aliphatic rings. The normalized spacial score (nSPS) is 19.7. The van der Waals surface area contributed by atoms with E-state index in [1.54, 1.807) is 0 Å². The van der Waals surface area contributed by atoms with Crippen LogP contribution in [0.2, 0.25) is 0 Å². The number of nitrogens with one attached hydrogen (secondary N) is 2. The number of carbonyl (C=O) groups is 1. The molecule has 3 rings (SSSR count). The molecule has 0 bridgehead atoms. The summed E-state index contributed by atoms with van der Waals surface area (Å²) in [5.74, 6) is 1.09. The van der Waals surface area contributed by atoms with Crippen molar-refractivity contribution in [2.75, 3.05) is 18.4 Å². The van der Waals surface area contributed by atoms with Crippen molar-refractivity contribution in [3.8, 4) is 0 Å². The average molecular weight is 243 g/mol. The number of hydrogen-bond acceptors (Lipinski definition) is 4. The van der Waals surface area contributed by atoms with Crippen LogP contribution in [-0.4, -0.2) is 25.2 Å². The number of piperidine rings is 1. The van der Waals surface area contributed by atoms with E-state index in [4.69, 9.17) is 0 Å². The molecule has 0 unspecified atom stereocenters. The van der Waals surface area contributed by atoms with Gasteiger partial charge in [0.25, 0.3) is 0 Å². The highest BCUT2D eigenvalue weighted by Crippen LogP contribution is 2.30. The van der Waals surface area contributed by atoms with Crippen LogP contribution in [0.5, 0.6) is 0 Å². The Morgan fingerprint density at radius 2 is 2.11 bits per heavy atom. The number of rotatable bonds is 2. The lowest BCUT2D eigenvalue weighted by atomic mass is 9.89. The molecule has 1 saturated heterocycles. The second kappa shape index (κ2) is 4.90. The zero-order valence-corrected chi connectivity index (χ0v) is 10.3. The molecule has 18 heavy (non-hydrogen) atoms. The second-order valence-corrected chi connectivity index (χ2v) is 4.89. The van der Waals surface area contributed by atoms with Crippen LogP contribution in [0, 0.1) is 0 Å². The van der Waals surface area contributed by atoms with Gasteiger partial charge in [-0.25, -0.2) is 0 Å². The largest absolute Gasteiger partial charge is 0.337 e. The minimum absolute atomic E-state index is 0.428. The smallest absolute Gasteiger partial charge is 0.185 e. The summed E-state index contributed by atoms with van der Waals surface area (Å²) in [6, 6.07) is 6.49. The monoisotopic (exact) mass is 243 g/mol. The molecule has 0 aliphatic carbocycles. The minimum atomic E-state index is 0.428. The van der Waals surface area contributed by atoms with E-state index < -0.39 is 0 Å². The first-order valence-electron chi connectivity index (χ1n) is 6.47. The molecule has 4 nitrogen and oxygen atoms in total. The Hall–Kier alpha value is -1.68. The third-order valence-electron chi connectivity index (χ3n) is 3.73. The Bertz CT molecular complexity index is 490. The molecule has 2 N–H and O–H groups in total. The Balaban J connectivity index is 1.83. The highest BCUT2D eigenvalue weighted by Gasteiger charge is 2.18. The molecule has 4 heteroatoms. The first kappa shape index (κ1) is 11.4. The van der Waals surface area contributed by atoms with Crippen LogP contribution >= 0.6 is 0 Å². The van der Waals surface area contributed by atoms with Crippen LogP contribution in [0.3, 0.4) is 0 Å². The molecular formula is C14H17N3O. The second-order valence-electron chi connectivity index (χ2n) is 4.89. The highest BCUT2D eigenvalue weighted by atomic mass is 16.1. The zero-order valence-electron chi connectivity index (χ0n) is 10.3. The first-order valence-corrected chi connectivity index (χ1v) is 6.47. The van der Waals surface area contributed by atoms with Crippen LogP contribution in [-0.2, 0) is 11.3 Å².